The van der Waals surface area contributed by atoms with Gasteiger partial charge in [0.15, 0.2) is 0 Å². The molecule has 0 aromatic rings. The molecule has 1 fully saturated rings. The first-order valence-corrected chi connectivity index (χ1v) is 6.44. The first kappa shape index (κ1) is 18.6. The number of aliphatic hydroxyl groups excluding tert-OH is 1. The molecule has 0 radical (unpaired) electrons. The third kappa shape index (κ3) is 10.5. The zero-order chi connectivity index (χ0) is 15.4. The number of esters is 1. The SMILES string of the molecule is COC(C)=O.NC(=O)C(O)C/C=C/CN1CCOCC1. The molecule has 1 amide bonds. The lowest BCUT2D eigenvalue weighted by atomic mass is 10.2. The first-order chi connectivity index (χ1) is 9.47. The van der Waals surface area contributed by atoms with E-state index in [-0.39, 0.29) is 5.97 Å². The number of nitrogens with zero attached hydrogens (tertiary/aromatic N) is 1. The van der Waals surface area contributed by atoms with E-state index in [0.717, 1.165) is 32.8 Å². The third-order valence-electron chi connectivity index (χ3n) is 2.61. The number of methoxy groups -OCH3 is 1. The molecule has 7 nitrogen and oxygen atoms in total. The van der Waals surface area contributed by atoms with Crippen molar-refractivity contribution in [2.45, 2.75) is 19.4 Å². The molecule has 0 aliphatic carbocycles. The Morgan fingerprint density at radius 3 is 2.40 bits per heavy atom. The van der Waals surface area contributed by atoms with Crippen molar-refractivity contribution in [2.75, 3.05) is 40.0 Å². The molecule has 1 atom stereocenters. The minimum Gasteiger partial charge on any atom is -0.469 e. The van der Waals surface area contributed by atoms with Gasteiger partial charge in [0.05, 0.1) is 20.3 Å². The van der Waals surface area contributed by atoms with Gasteiger partial charge in [0, 0.05) is 33.0 Å². The maximum absolute atomic E-state index is 10.5. The highest BCUT2D eigenvalue weighted by Gasteiger charge is 2.09. The fourth-order valence-corrected chi connectivity index (χ4v) is 1.35. The predicted octanol–water partition coefficient (Wildman–Crippen LogP) is -0.710. The van der Waals surface area contributed by atoms with Crippen LogP contribution in [0.25, 0.3) is 0 Å². The van der Waals surface area contributed by atoms with E-state index >= 15 is 0 Å². The fourth-order valence-electron chi connectivity index (χ4n) is 1.35. The van der Waals surface area contributed by atoms with Crippen molar-refractivity contribution < 1.29 is 24.2 Å². The van der Waals surface area contributed by atoms with Gasteiger partial charge in [0.25, 0.3) is 0 Å². The van der Waals surface area contributed by atoms with Crippen LogP contribution in [-0.2, 0) is 19.1 Å². The summed E-state index contributed by atoms with van der Waals surface area (Å²) < 4.78 is 9.32. The van der Waals surface area contributed by atoms with Crippen LogP contribution < -0.4 is 5.73 Å². The Kier molecular flexibility index (Phi) is 10.6. The Morgan fingerprint density at radius 2 is 1.95 bits per heavy atom. The molecule has 1 aliphatic heterocycles. The Morgan fingerprint density at radius 1 is 1.40 bits per heavy atom. The number of carbonyl (C=O) groups is 2. The van der Waals surface area contributed by atoms with Crippen molar-refractivity contribution in [3.8, 4) is 0 Å². The van der Waals surface area contributed by atoms with Gasteiger partial charge < -0.3 is 20.3 Å². The second-order valence-corrected chi connectivity index (χ2v) is 4.23. The van der Waals surface area contributed by atoms with Crippen LogP contribution in [0, 0.1) is 0 Å². The van der Waals surface area contributed by atoms with Gasteiger partial charge in [0.2, 0.25) is 5.91 Å². The summed E-state index contributed by atoms with van der Waals surface area (Å²) in [5.74, 6) is -0.920. The molecule has 1 saturated heterocycles. The quantitative estimate of drug-likeness (QED) is 0.512. The smallest absolute Gasteiger partial charge is 0.302 e. The van der Waals surface area contributed by atoms with Crippen LogP contribution in [0.15, 0.2) is 12.2 Å². The van der Waals surface area contributed by atoms with Gasteiger partial charge in [-0.1, -0.05) is 12.2 Å². The maximum Gasteiger partial charge on any atom is 0.302 e. The van der Waals surface area contributed by atoms with Crippen LogP contribution in [0.4, 0.5) is 0 Å². The highest BCUT2D eigenvalue weighted by atomic mass is 16.5. The van der Waals surface area contributed by atoms with Crippen molar-refractivity contribution in [1.82, 2.24) is 4.90 Å². The summed E-state index contributed by atoms with van der Waals surface area (Å²) in [6.45, 7) is 5.61. The molecule has 20 heavy (non-hydrogen) atoms. The van der Waals surface area contributed by atoms with Gasteiger partial charge in [0.1, 0.15) is 6.10 Å². The lowest BCUT2D eigenvalue weighted by Crippen LogP contribution is -2.36. The maximum atomic E-state index is 10.5. The molecule has 7 heteroatoms. The molecular weight excluding hydrogens is 264 g/mol. The Bertz CT molecular complexity index is 314. The van der Waals surface area contributed by atoms with Gasteiger partial charge in [-0.2, -0.15) is 0 Å². The van der Waals surface area contributed by atoms with Crippen molar-refractivity contribution in [3.05, 3.63) is 12.2 Å². The van der Waals surface area contributed by atoms with Crippen molar-refractivity contribution in [3.63, 3.8) is 0 Å². The van der Waals surface area contributed by atoms with Crippen LogP contribution in [-0.4, -0.2) is 67.9 Å². The Labute approximate surface area is 119 Å². The van der Waals surface area contributed by atoms with Gasteiger partial charge >= 0.3 is 5.97 Å². The normalized spacial score (nSPS) is 17.1. The molecule has 0 spiro atoms. The zero-order valence-corrected chi connectivity index (χ0v) is 12.1. The van der Waals surface area contributed by atoms with E-state index in [1.165, 1.54) is 14.0 Å². The highest BCUT2D eigenvalue weighted by molar-refractivity contribution is 5.78. The number of ether oxygens (including phenoxy) is 2. The second kappa shape index (κ2) is 11.4. The van der Waals surface area contributed by atoms with E-state index in [2.05, 4.69) is 9.64 Å². The van der Waals surface area contributed by atoms with Gasteiger partial charge in [-0.15, -0.1) is 0 Å². The Hall–Kier alpha value is -1.44. The molecule has 1 heterocycles. The lowest BCUT2D eigenvalue weighted by Gasteiger charge is -2.25. The average Bonchev–Trinajstić information content (AvgIpc) is 2.45. The number of nitrogens with two attached hydrogens (primary N) is 1. The average molecular weight is 288 g/mol. The van der Waals surface area contributed by atoms with Gasteiger partial charge in [-0.3, -0.25) is 14.5 Å². The van der Waals surface area contributed by atoms with E-state index in [1.807, 2.05) is 6.08 Å². The zero-order valence-electron chi connectivity index (χ0n) is 12.1. The summed E-state index contributed by atoms with van der Waals surface area (Å²) in [6, 6.07) is 0. The Balaban J connectivity index is 0.000000621. The molecule has 1 aliphatic rings. The molecular formula is C13H24N2O5. The van der Waals surface area contributed by atoms with Crippen LogP contribution >= 0.6 is 0 Å². The molecule has 116 valence electrons. The number of amides is 1. The molecule has 3 N–H and O–H groups in total. The number of rotatable bonds is 5. The molecule has 0 bridgehead atoms. The van der Waals surface area contributed by atoms with Crippen LogP contribution in [0.1, 0.15) is 13.3 Å². The molecule has 0 saturated carbocycles. The largest absolute Gasteiger partial charge is 0.469 e. The van der Waals surface area contributed by atoms with E-state index in [4.69, 9.17) is 15.6 Å². The number of aliphatic hydroxyl groups is 1. The third-order valence-corrected chi connectivity index (χ3v) is 2.61. The predicted molar refractivity (Wildman–Crippen MR) is 73.9 cm³/mol. The molecule has 0 aromatic carbocycles. The number of morpholine rings is 1. The van der Waals surface area contributed by atoms with E-state index < -0.39 is 12.0 Å². The minimum absolute atomic E-state index is 0.245. The van der Waals surface area contributed by atoms with Crippen LogP contribution in [0.5, 0.6) is 0 Å². The minimum atomic E-state index is -1.06. The standard InChI is InChI=1S/C10H18N2O3.C3H6O2/c11-10(14)9(13)3-1-2-4-12-5-7-15-8-6-12;1-3(4)5-2/h1-2,9,13H,3-8H2,(H2,11,14);1-2H3/b2-1+;. The molecule has 1 rings (SSSR count). The monoisotopic (exact) mass is 288 g/mol. The highest BCUT2D eigenvalue weighted by Crippen LogP contribution is 1.98. The van der Waals surface area contributed by atoms with Crippen LogP contribution in [0.3, 0.4) is 0 Å². The van der Waals surface area contributed by atoms with Crippen molar-refractivity contribution >= 4 is 11.9 Å². The molecule has 0 aromatic heterocycles. The number of carbonyl (C=O) groups excluding carboxylic acids is 2. The summed E-state index contributed by atoms with van der Waals surface area (Å²) in [7, 11) is 1.35. The number of primary amides is 1. The topological polar surface area (TPSA) is 102 Å². The first-order valence-electron chi connectivity index (χ1n) is 6.44. The summed E-state index contributed by atoms with van der Waals surface area (Å²) in [6.07, 6.45) is 2.95. The lowest BCUT2D eigenvalue weighted by molar-refractivity contribution is -0.138. The van der Waals surface area contributed by atoms with Gasteiger partial charge in [-0.05, 0) is 0 Å². The summed E-state index contributed by atoms with van der Waals surface area (Å²) >= 11 is 0. The molecule has 1 unspecified atom stereocenters. The number of hydrogen-bond donors (Lipinski definition) is 2. The fraction of sp³-hybridized carbons (Fsp3) is 0.692. The van der Waals surface area contributed by atoms with E-state index in [1.54, 1.807) is 6.08 Å². The van der Waals surface area contributed by atoms with Crippen LogP contribution in [0.2, 0.25) is 0 Å². The summed E-state index contributed by atoms with van der Waals surface area (Å²) in [5, 5.41) is 9.10. The van der Waals surface area contributed by atoms with Crippen molar-refractivity contribution in [1.29, 1.82) is 0 Å². The summed E-state index contributed by atoms with van der Waals surface area (Å²) in [5.41, 5.74) is 4.91. The van der Waals surface area contributed by atoms with E-state index in [9.17, 15) is 9.59 Å². The van der Waals surface area contributed by atoms with Crippen molar-refractivity contribution in [2.24, 2.45) is 5.73 Å². The number of hydrogen-bond acceptors (Lipinski definition) is 6. The second-order valence-electron chi connectivity index (χ2n) is 4.23. The summed E-state index contributed by atoms with van der Waals surface area (Å²) in [4.78, 5) is 22.3. The van der Waals surface area contributed by atoms with E-state index in [0.29, 0.717) is 6.42 Å². The van der Waals surface area contributed by atoms with Gasteiger partial charge in [-0.25, -0.2) is 0 Å².